The van der Waals surface area contributed by atoms with Gasteiger partial charge in [0, 0.05) is 22.4 Å². The summed E-state index contributed by atoms with van der Waals surface area (Å²) in [5.74, 6) is -0.386. The second kappa shape index (κ2) is 5.30. The number of aldehydes is 1. The predicted molar refractivity (Wildman–Crippen MR) is 68.6 cm³/mol. The molecule has 0 spiro atoms. The summed E-state index contributed by atoms with van der Waals surface area (Å²) >= 11 is 11.9. The first-order valence-electron chi connectivity index (χ1n) is 5.02. The standard InChI is InChI=1S/C13H9Cl2NO/c14-10-1-2-11(13(15)7-10)12(8-17)9-3-5-16-6-4-9/h1-8,12H. The molecule has 2 aromatic rings. The van der Waals surface area contributed by atoms with Crippen molar-refractivity contribution >= 4 is 29.5 Å². The number of hydrogen-bond donors (Lipinski definition) is 0. The van der Waals surface area contributed by atoms with Gasteiger partial charge in [0.15, 0.2) is 0 Å². The van der Waals surface area contributed by atoms with Gasteiger partial charge in [-0.1, -0.05) is 29.3 Å². The first kappa shape index (κ1) is 12.1. The number of benzene rings is 1. The third-order valence-corrected chi connectivity index (χ3v) is 3.06. The summed E-state index contributed by atoms with van der Waals surface area (Å²) in [4.78, 5) is 15.2. The summed E-state index contributed by atoms with van der Waals surface area (Å²) in [7, 11) is 0. The van der Waals surface area contributed by atoms with Crippen molar-refractivity contribution in [3.05, 3.63) is 63.9 Å². The smallest absolute Gasteiger partial charge is 0.131 e. The maximum atomic E-state index is 11.2. The van der Waals surface area contributed by atoms with Crippen LogP contribution < -0.4 is 0 Å². The number of carbonyl (C=O) groups excluding carboxylic acids is 1. The van der Waals surface area contributed by atoms with Crippen LogP contribution in [0.4, 0.5) is 0 Å². The lowest BCUT2D eigenvalue weighted by molar-refractivity contribution is -0.108. The molecule has 0 aliphatic heterocycles. The fourth-order valence-electron chi connectivity index (χ4n) is 1.66. The molecule has 1 aromatic heterocycles. The van der Waals surface area contributed by atoms with Gasteiger partial charge >= 0.3 is 0 Å². The summed E-state index contributed by atoms with van der Waals surface area (Å²) < 4.78 is 0. The van der Waals surface area contributed by atoms with Gasteiger partial charge in [0.2, 0.25) is 0 Å². The van der Waals surface area contributed by atoms with Crippen molar-refractivity contribution in [2.75, 3.05) is 0 Å². The molecule has 0 saturated heterocycles. The van der Waals surface area contributed by atoms with Gasteiger partial charge in [-0.25, -0.2) is 0 Å². The second-order valence-electron chi connectivity index (χ2n) is 3.56. The summed E-state index contributed by atoms with van der Waals surface area (Å²) in [5.41, 5.74) is 1.61. The molecular weight excluding hydrogens is 257 g/mol. The highest BCUT2D eigenvalue weighted by Gasteiger charge is 2.16. The van der Waals surface area contributed by atoms with E-state index in [1.54, 1.807) is 42.7 Å². The average molecular weight is 266 g/mol. The Balaban J connectivity index is 2.46. The van der Waals surface area contributed by atoms with Crippen LogP contribution in [-0.4, -0.2) is 11.3 Å². The molecule has 1 unspecified atom stereocenters. The van der Waals surface area contributed by atoms with Crippen LogP contribution in [0.25, 0.3) is 0 Å². The molecule has 1 heterocycles. The van der Waals surface area contributed by atoms with Gasteiger partial charge in [-0.05, 0) is 35.4 Å². The number of aromatic nitrogens is 1. The van der Waals surface area contributed by atoms with Crippen LogP contribution in [0.1, 0.15) is 17.0 Å². The molecule has 0 saturated carbocycles. The summed E-state index contributed by atoms with van der Waals surface area (Å²) in [6.45, 7) is 0. The van der Waals surface area contributed by atoms with Crippen LogP contribution in [0.2, 0.25) is 10.0 Å². The molecule has 0 fully saturated rings. The van der Waals surface area contributed by atoms with E-state index in [-0.39, 0.29) is 5.92 Å². The molecule has 86 valence electrons. The Morgan fingerprint density at radius 1 is 1.12 bits per heavy atom. The predicted octanol–water partition coefficient (Wildman–Crippen LogP) is 3.72. The molecule has 0 aliphatic carbocycles. The van der Waals surface area contributed by atoms with Crippen molar-refractivity contribution in [1.82, 2.24) is 4.98 Å². The Morgan fingerprint density at radius 3 is 2.41 bits per heavy atom. The maximum absolute atomic E-state index is 11.2. The zero-order valence-corrected chi connectivity index (χ0v) is 10.3. The minimum absolute atomic E-state index is 0.386. The number of pyridine rings is 1. The number of rotatable bonds is 3. The number of halogens is 2. The molecule has 2 rings (SSSR count). The number of nitrogens with zero attached hydrogens (tertiary/aromatic N) is 1. The summed E-state index contributed by atoms with van der Waals surface area (Å²) in [6.07, 6.45) is 4.16. The Morgan fingerprint density at radius 2 is 1.82 bits per heavy atom. The van der Waals surface area contributed by atoms with Gasteiger partial charge in [0.1, 0.15) is 6.29 Å². The fourth-order valence-corrected chi connectivity index (χ4v) is 2.18. The highest BCUT2D eigenvalue weighted by molar-refractivity contribution is 6.35. The monoisotopic (exact) mass is 265 g/mol. The normalized spacial score (nSPS) is 12.1. The zero-order chi connectivity index (χ0) is 12.3. The van der Waals surface area contributed by atoms with E-state index in [0.29, 0.717) is 10.0 Å². The van der Waals surface area contributed by atoms with Crippen LogP contribution in [0.15, 0.2) is 42.7 Å². The quantitative estimate of drug-likeness (QED) is 0.792. The van der Waals surface area contributed by atoms with E-state index in [4.69, 9.17) is 23.2 Å². The highest BCUT2D eigenvalue weighted by Crippen LogP contribution is 2.30. The van der Waals surface area contributed by atoms with E-state index in [0.717, 1.165) is 17.4 Å². The molecule has 0 N–H and O–H groups in total. The maximum Gasteiger partial charge on any atom is 0.131 e. The third-order valence-electron chi connectivity index (χ3n) is 2.50. The summed E-state index contributed by atoms with van der Waals surface area (Å²) in [6, 6.07) is 8.72. The molecule has 17 heavy (non-hydrogen) atoms. The number of hydrogen-bond acceptors (Lipinski definition) is 2. The van der Waals surface area contributed by atoms with Crippen LogP contribution >= 0.6 is 23.2 Å². The van der Waals surface area contributed by atoms with Gasteiger partial charge in [-0.3, -0.25) is 4.98 Å². The molecule has 0 amide bonds. The van der Waals surface area contributed by atoms with Crippen molar-refractivity contribution in [2.24, 2.45) is 0 Å². The minimum atomic E-state index is -0.386. The Labute approximate surface area is 109 Å². The fraction of sp³-hybridized carbons (Fsp3) is 0.0769. The molecule has 0 bridgehead atoms. The van der Waals surface area contributed by atoms with E-state index < -0.39 is 0 Å². The van der Waals surface area contributed by atoms with Crippen molar-refractivity contribution in [3.8, 4) is 0 Å². The Kier molecular flexibility index (Phi) is 3.77. The first-order chi connectivity index (χ1) is 8.22. The second-order valence-corrected chi connectivity index (χ2v) is 4.40. The van der Waals surface area contributed by atoms with Gasteiger partial charge in [0.25, 0.3) is 0 Å². The highest BCUT2D eigenvalue weighted by atomic mass is 35.5. The largest absolute Gasteiger partial charge is 0.302 e. The van der Waals surface area contributed by atoms with Crippen molar-refractivity contribution in [1.29, 1.82) is 0 Å². The Hall–Kier alpha value is -1.38. The SMILES string of the molecule is O=CC(c1ccncc1)c1ccc(Cl)cc1Cl. The Bertz CT molecular complexity index is 528. The van der Waals surface area contributed by atoms with Crippen molar-refractivity contribution in [2.45, 2.75) is 5.92 Å². The minimum Gasteiger partial charge on any atom is -0.302 e. The molecule has 2 nitrogen and oxygen atoms in total. The molecule has 1 aromatic carbocycles. The van der Waals surface area contributed by atoms with Gasteiger partial charge in [-0.15, -0.1) is 0 Å². The lowest BCUT2D eigenvalue weighted by Gasteiger charge is -2.12. The molecule has 4 heteroatoms. The van der Waals surface area contributed by atoms with Crippen LogP contribution in [0, 0.1) is 0 Å². The lowest BCUT2D eigenvalue weighted by atomic mass is 9.93. The average Bonchev–Trinajstić information content (AvgIpc) is 2.34. The molecule has 0 aliphatic rings. The van der Waals surface area contributed by atoms with Crippen LogP contribution in [0.3, 0.4) is 0 Å². The zero-order valence-electron chi connectivity index (χ0n) is 8.81. The van der Waals surface area contributed by atoms with Gasteiger partial charge in [0.05, 0.1) is 5.92 Å². The van der Waals surface area contributed by atoms with E-state index in [2.05, 4.69) is 4.98 Å². The van der Waals surface area contributed by atoms with E-state index in [1.807, 2.05) is 0 Å². The first-order valence-corrected chi connectivity index (χ1v) is 5.78. The van der Waals surface area contributed by atoms with E-state index in [1.165, 1.54) is 0 Å². The van der Waals surface area contributed by atoms with Crippen LogP contribution in [-0.2, 0) is 4.79 Å². The summed E-state index contributed by atoms with van der Waals surface area (Å²) in [5, 5.41) is 1.05. The van der Waals surface area contributed by atoms with Crippen LogP contribution in [0.5, 0.6) is 0 Å². The topological polar surface area (TPSA) is 30.0 Å². The lowest BCUT2D eigenvalue weighted by Crippen LogP contribution is -2.03. The van der Waals surface area contributed by atoms with Crippen molar-refractivity contribution in [3.63, 3.8) is 0 Å². The third kappa shape index (κ3) is 2.65. The van der Waals surface area contributed by atoms with E-state index >= 15 is 0 Å². The van der Waals surface area contributed by atoms with Gasteiger partial charge in [-0.2, -0.15) is 0 Å². The molecule has 0 radical (unpaired) electrons. The van der Waals surface area contributed by atoms with Gasteiger partial charge < -0.3 is 4.79 Å². The molecular formula is C13H9Cl2NO. The molecule has 1 atom stereocenters. The van der Waals surface area contributed by atoms with E-state index in [9.17, 15) is 4.79 Å². The van der Waals surface area contributed by atoms with Crippen molar-refractivity contribution < 1.29 is 4.79 Å². The number of carbonyl (C=O) groups is 1.